The van der Waals surface area contributed by atoms with E-state index in [2.05, 4.69) is 29.7 Å². The zero-order chi connectivity index (χ0) is 28.1. The zero-order valence-electron chi connectivity index (χ0n) is 26.0. The lowest BCUT2D eigenvalue weighted by Crippen LogP contribution is -2.65. The number of aliphatic hydroxyl groups is 1. The van der Waals surface area contributed by atoms with Gasteiger partial charge in [-0.15, -0.1) is 0 Å². The Labute approximate surface area is 248 Å². The average Bonchev–Trinajstić information content (AvgIpc) is 3.79. The minimum absolute atomic E-state index is 0.307. The van der Waals surface area contributed by atoms with E-state index >= 15 is 0 Å². The molecule has 0 radical (unpaired) electrons. The van der Waals surface area contributed by atoms with E-state index in [0.29, 0.717) is 30.0 Å². The topological polar surface area (TPSA) is 58.3 Å². The van der Waals surface area contributed by atoms with Crippen molar-refractivity contribution in [3.05, 3.63) is 24.2 Å². The molecular formula is C35H56N2O4. The highest BCUT2D eigenvalue weighted by Gasteiger charge is 2.73. The van der Waals surface area contributed by atoms with Gasteiger partial charge in [-0.1, -0.05) is 13.8 Å². The standard InChI is InChI=1S/C35H56N2O4/c1-32-13-11-28(39-24-21-36-17-3-4-18-36)26-27(32)9-10-30-29(32)12-14-33(2)34(30,38)15-16-35(33,31-8-7-23-40-31)41-25-22-37-19-5-6-20-37/h7-8,23,27-30,38H,3-6,9-22,24-26H2,1-2H3/t27-,28+,29+,30-,32+,33+,34+,35-/m1/s1. The van der Waals surface area contributed by atoms with Crippen molar-refractivity contribution in [3.63, 3.8) is 0 Å². The molecule has 0 amide bonds. The van der Waals surface area contributed by atoms with Gasteiger partial charge in [-0.25, -0.2) is 0 Å². The fraction of sp³-hybridized carbons (Fsp3) is 0.886. The average molecular weight is 569 g/mol. The van der Waals surface area contributed by atoms with Crippen LogP contribution in [0, 0.1) is 28.6 Å². The Kier molecular flexibility index (Phi) is 7.89. The predicted molar refractivity (Wildman–Crippen MR) is 161 cm³/mol. The van der Waals surface area contributed by atoms with Crippen molar-refractivity contribution in [1.82, 2.24) is 9.80 Å². The number of nitrogens with zero attached hydrogens (tertiary/aromatic N) is 2. The second-order valence-electron chi connectivity index (χ2n) is 15.3. The summed E-state index contributed by atoms with van der Waals surface area (Å²) in [6, 6.07) is 4.12. The molecule has 1 aromatic rings. The van der Waals surface area contributed by atoms with E-state index in [1.807, 2.05) is 6.07 Å². The molecule has 1 N–H and O–H groups in total. The summed E-state index contributed by atoms with van der Waals surface area (Å²) in [5.74, 6) is 2.58. The Morgan fingerprint density at radius 1 is 0.854 bits per heavy atom. The van der Waals surface area contributed by atoms with Gasteiger partial charge in [-0.05, 0) is 145 Å². The van der Waals surface area contributed by atoms with E-state index in [0.717, 1.165) is 57.1 Å². The number of fused-ring (bicyclic) bond motifs is 5. The summed E-state index contributed by atoms with van der Waals surface area (Å²) in [6.07, 6.45) is 17.4. The van der Waals surface area contributed by atoms with E-state index in [9.17, 15) is 5.11 Å². The lowest BCUT2D eigenvalue weighted by Gasteiger charge is -2.64. The lowest BCUT2D eigenvalue weighted by atomic mass is 9.43. The van der Waals surface area contributed by atoms with Crippen LogP contribution in [-0.4, -0.2) is 79.1 Å². The molecular weight excluding hydrogens is 512 g/mol. The molecule has 6 nitrogen and oxygen atoms in total. The number of hydrogen-bond acceptors (Lipinski definition) is 6. The Hall–Kier alpha value is -0.920. The van der Waals surface area contributed by atoms with E-state index in [-0.39, 0.29) is 5.41 Å². The maximum Gasteiger partial charge on any atom is 0.136 e. The largest absolute Gasteiger partial charge is 0.466 e. The molecule has 8 atom stereocenters. The van der Waals surface area contributed by atoms with Gasteiger partial charge in [0, 0.05) is 18.5 Å². The maximum atomic E-state index is 12.9. The third kappa shape index (κ3) is 4.69. The summed E-state index contributed by atoms with van der Waals surface area (Å²) in [4.78, 5) is 5.10. The molecule has 1 aromatic heterocycles. The summed E-state index contributed by atoms with van der Waals surface area (Å²) in [5, 5.41) is 12.9. The van der Waals surface area contributed by atoms with Gasteiger partial charge in [0.15, 0.2) is 0 Å². The molecule has 6 aliphatic rings. The van der Waals surface area contributed by atoms with Crippen LogP contribution in [0.3, 0.4) is 0 Å². The minimum Gasteiger partial charge on any atom is -0.466 e. The van der Waals surface area contributed by atoms with E-state index in [1.165, 1.54) is 84.0 Å². The highest BCUT2D eigenvalue weighted by molar-refractivity contribution is 5.28. The van der Waals surface area contributed by atoms with Crippen molar-refractivity contribution in [3.8, 4) is 0 Å². The van der Waals surface area contributed by atoms with Gasteiger partial charge in [0.2, 0.25) is 0 Å². The SMILES string of the molecule is C[C@]12CC[C@H](OCCN3CCCC3)C[C@H]1CC[C@@H]1[C@@H]2CC[C@]2(C)[C@](OCCN3CCCC3)(c3ccco3)CC[C@]12O. The summed E-state index contributed by atoms with van der Waals surface area (Å²) in [5.41, 5.74) is -1.30. The second kappa shape index (κ2) is 11.2. The highest BCUT2D eigenvalue weighted by Crippen LogP contribution is 2.72. The van der Waals surface area contributed by atoms with Crippen LogP contribution in [0.15, 0.2) is 22.8 Å². The molecule has 2 saturated heterocycles. The van der Waals surface area contributed by atoms with Crippen molar-refractivity contribution in [2.45, 2.75) is 115 Å². The number of likely N-dealkylation sites (tertiary alicyclic amines) is 2. The Balaban J connectivity index is 1.06. The smallest absolute Gasteiger partial charge is 0.136 e. The zero-order valence-corrected chi connectivity index (χ0v) is 26.0. The summed E-state index contributed by atoms with van der Waals surface area (Å²) >= 11 is 0. The molecule has 4 aliphatic carbocycles. The van der Waals surface area contributed by atoms with Gasteiger partial charge < -0.3 is 28.8 Å². The summed E-state index contributed by atoms with van der Waals surface area (Å²) < 4.78 is 19.7. The van der Waals surface area contributed by atoms with Gasteiger partial charge >= 0.3 is 0 Å². The molecule has 0 bridgehead atoms. The van der Waals surface area contributed by atoms with Crippen molar-refractivity contribution in [1.29, 1.82) is 0 Å². The van der Waals surface area contributed by atoms with Crippen LogP contribution in [0.4, 0.5) is 0 Å². The van der Waals surface area contributed by atoms with Crippen molar-refractivity contribution in [2.75, 3.05) is 52.5 Å². The number of furan rings is 1. The molecule has 6 fully saturated rings. The minimum atomic E-state index is -0.715. The molecule has 230 valence electrons. The first-order valence-corrected chi connectivity index (χ1v) is 17.3. The van der Waals surface area contributed by atoms with Gasteiger partial charge in [0.05, 0.1) is 31.2 Å². The number of ether oxygens (including phenoxy) is 2. The van der Waals surface area contributed by atoms with Crippen LogP contribution in [0.5, 0.6) is 0 Å². The van der Waals surface area contributed by atoms with Gasteiger partial charge in [0.1, 0.15) is 11.4 Å². The molecule has 7 rings (SSSR count). The first-order chi connectivity index (χ1) is 19.9. The maximum absolute atomic E-state index is 12.9. The van der Waals surface area contributed by atoms with Gasteiger partial charge in [-0.3, -0.25) is 0 Å². The predicted octanol–water partition coefficient (Wildman–Crippen LogP) is 6.23. The molecule has 6 heteroatoms. The van der Waals surface area contributed by atoms with E-state index < -0.39 is 11.2 Å². The van der Waals surface area contributed by atoms with Crippen molar-refractivity contribution < 1.29 is 19.0 Å². The molecule has 4 saturated carbocycles. The third-order valence-corrected chi connectivity index (χ3v) is 13.8. The van der Waals surface area contributed by atoms with E-state index in [4.69, 9.17) is 13.9 Å². The summed E-state index contributed by atoms with van der Waals surface area (Å²) in [7, 11) is 0. The first kappa shape index (κ1) is 28.8. The first-order valence-electron chi connectivity index (χ1n) is 17.3. The molecule has 41 heavy (non-hydrogen) atoms. The van der Waals surface area contributed by atoms with Crippen LogP contribution in [0.25, 0.3) is 0 Å². The van der Waals surface area contributed by atoms with Crippen LogP contribution < -0.4 is 0 Å². The monoisotopic (exact) mass is 568 g/mol. The molecule has 0 aromatic carbocycles. The molecule has 0 spiro atoms. The molecule has 3 heterocycles. The van der Waals surface area contributed by atoms with E-state index in [1.54, 1.807) is 6.26 Å². The summed E-state index contributed by atoms with van der Waals surface area (Å²) in [6.45, 7) is 13.5. The second-order valence-corrected chi connectivity index (χ2v) is 15.3. The number of hydrogen-bond donors (Lipinski definition) is 1. The Bertz CT molecular complexity index is 1020. The normalized spacial score (nSPS) is 45.0. The van der Waals surface area contributed by atoms with Gasteiger partial charge in [-0.2, -0.15) is 0 Å². The fourth-order valence-electron chi connectivity index (χ4n) is 11.3. The number of rotatable bonds is 9. The van der Waals surface area contributed by atoms with Crippen LogP contribution in [0.1, 0.15) is 103 Å². The van der Waals surface area contributed by atoms with Crippen LogP contribution in [0.2, 0.25) is 0 Å². The van der Waals surface area contributed by atoms with Gasteiger partial charge in [0.25, 0.3) is 0 Å². The fourth-order valence-corrected chi connectivity index (χ4v) is 11.3. The molecule has 2 aliphatic heterocycles. The molecule has 0 unspecified atom stereocenters. The third-order valence-electron chi connectivity index (χ3n) is 13.8. The highest BCUT2D eigenvalue weighted by atomic mass is 16.5. The van der Waals surface area contributed by atoms with Crippen LogP contribution >= 0.6 is 0 Å². The lowest BCUT2D eigenvalue weighted by molar-refractivity contribution is -0.253. The quantitative estimate of drug-likeness (QED) is 0.381. The van der Waals surface area contributed by atoms with Crippen molar-refractivity contribution >= 4 is 0 Å². The Morgan fingerprint density at radius 2 is 1.59 bits per heavy atom. The van der Waals surface area contributed by atoms with Crippen LogP contribution in [-0.2, 0) is 15.1 Å². The van der Waals surface area contributed by atoms with Crippen molar-refractivity contribution in [2.24, 2.45) is 28.6 Å². The Morgan fingerprint density at radius 3 is 2.29 bits per heavy atom.